The first-order valence-electron chi connectivity index (χ1n) is 6.18. The van der Waals surface area contributed by atoms with E-state index in [2.05, 4.69) is 43.1 Å². The molecule has 0 radical (unpaired) electrons. The number of aldehydes is 1. The van der Waals surface area contributed by atoms with E-state index in [0.29, 0.717) is 11.5 Å². The monoisotopic (exact) mass is 239 g/mol. The second-order valence-corrected chi connectivity index (χ2v) is 4.92. The number of carbonyl (C=O) groups excluding carboxylic acids is 1. The molecule has 2 heteroatoms. The molecular formula is C16H17NO. The summed E-state index contributed by atoms with van der Waals surface area (Å²) in [6.45, 7) is 4.42. The van der Waals surface area contributed by atoms with Crippen molar-refractivity contribution in [1.29, 1.82) is 0 Å². The highest BCUT2D eigenvalue weighted by Crippen LogP contribution is 2.21. The molecule has 18 heavy (non-hydrogen) atoms. The number of hydrogen-bond donors (Lipinski definition) is 0. The van der Waals surface area contributed by atoms with Crippen LogP contribution < -0.4 is 0 Å². The molecule has 0 aliphatic heterocycles. The van der Waals surface area contributed by atoms with Crippen molar-refractivity contribution in [1.82, 2.24) is 4.98 Å². The molecule has 92 valence electrons. The standard InChI is InChI=1S/C16H17NO/c1-12(2)6-13-4-3-5-15(7-13)16-8-14(11-18)9-17-10-16/h3-5,7-12H,6H2,1-2H3. The number of nitrogens with zero attached hydrogens (tertiary/aromatic N) is 1. The summed E-state index contributed by atoms with van der Waals surface area (Å²) in [7, 11) is 0. The maximum Gasteiger partial charge on any atom is 0.151 e. The van der Waals surface area contributed by atoms with Crippen LogP contribution in [0, 0.1) is 5.92 Å². The van der Waals surface area contributed by atoms with Crippen molar-refractivity contribution in [3.8, 4) is 11.1 Å². The number of hydrogen-bond acceptors (Lipinski definition) is 2. The molecule has 0 amide bonds. The minimum absolute atomic E-state index is 0.613. The van der Waals surface area contributed by atoms with Crippen molar-refractivity contribution in [3.05, 3.63) is 53.9 Å². The van der Waals surface area contributed by atoms with E-state index in [4.69, 9.17) is 0 Å². The van der Waals surface area contributed by atoms with Gasteiger partial charge in [0.25, 0.3) is 0 Å². The fourth-order valence-corrected chi connectivity index (χ4v) is 2.03. The summed E-state index contributed by atoms with van der Waals surface area (Å²) >= 11 is 0. The van der Waals surface area contributed by atoms with E-state index in [1.807, 2.05) is 6.07 Å². The average molecular weight is 239 g/mol. The Morgan fingerprint density at radius 3 is 2.72 bits per heavy atom. The van der Waals surface area contributed by atoms with E-state index < -0.39 is 0 Å². The van der Waals surface area contributed by atoms with E-state index in [-0.39, 0.29) is 0 Å². The molecule has 2 nitrogen and oxygen atoms in total. The van der Waals surface area contributed by atoms with Crippen LogP contribution in [-0.2, 0) is 6.42 Å². The number of rotatable bonds is 4. The van der Waals surface area contributed by atoms with Crippen LogP contribution in [0.2, 0.25) is 0 Å². The maximum atomic E-state index is 10.8. The van der Waals surface area contributed by atoms with Crippen LogP contribution in [0.15, 0.2) is 42.7 Å². The zero-order valence-electron chi connectivity index (χ0n) is 10.8. The van der Waals surface area contributed by atoms with Crippen molar-refractivity contribution in [3.63, 3.8) is 0 Å². The Bertz CT molecular complexity index is 546. The molecule has 1 heterocycles. The molecule has 0 aliphatic rings. The Labute approximate surface area is 108 Å². The van der Waals surface area contributed by atoms with Crippen molar-refractivity contribution >= 4 is 6.29 Å². The number of benzene rings is 1. The van der Waals surface area contributed by atoms with E-state index in [0.717, 1.165) is 23.8 Å². The predicted molar refractivity (Wildman–Crippen MR) is 73.6 cm³/mol. The maximum absolute atomic E-state index is 10.8. The second-order valence-electron chi connectivity index (χ2n) is 4.92. The fourth-order valence-electron chi connectivity index (χ4n) is 2.03. The van der Waals surface area contributed by atoms with Crippen LogP contribution >= 0.6 is 0 Å². The third-order valence-electron chi connectivity index (χ3n) is 2.80. The van der Waals surface area contributed by atoms with Gasteiger partial charge in [0.15, 0.2) is 6.29 Å². The van der Waals surface area contributed by atoms with Crippen LogP contribution in [0.4, 0.5) is 0 Å². The molecular weight excluding hydrogens is 222 g/mol. The largest absolute Gasteiger partial charge is 0.298 e. The normalized spacial score (nSPS) is 10.6. The molecule has 1 aromatic heterocycles. The lowest BCUT2D eigenvalue weighted by Crippen LogP contribution is -1.94. The Morgan fingerprint density at radius 2 is 2.00 bits per heavy atom. The molecule has 0 bridgehead atoms. The number of aromatic nitrogens is 1. The van der Waals surface area contributed by atoms with Gasteiger partial charge >= 0.3 is 0 Å². The lowest BCUT2D eigenvalue weighted by atomic mass is 9.98. The van der Waals surface area contributed by atoms with Gasteiger partial charge in [-0.3, -0.25) is 9.78 Å². The molecule has 2 aromatic rings. The summed E-state index contributed by atoms with van der Waals surface area (Å²) in [6, 6.07) is 10.3. The average Bonchev–Trinajstić information content (AvgIpc) is 2.38. The first-order chi connectivity index (χ1) is 8.69. The molecule has 0 N–H and O–H groups in total. The Morgan fingerprint density at radius 1 is 1.17 bits per heavy atom. The fraction of sp³-hybridized carbons (Fsp3) is 0.250. The van der Waals surface area contributed by atoms with Crippen LogP contribution in [0.1, 0.15) is 29.8 Å². The molecule has 0 saturated heterocycles. The summed E-state index contributed by atoms with van der Waals surface area (Å²) in [4.78, 5) is 14.9. The summed E-state index contributed by atoms with van der Waals surface area (Å²) in [5.74, 6) is 0.639. The van der Waals surface area contributed by atoms with E-state index in [1.165, 1.54) is 5.56 Å². The summed E-state index contributed by atoms with van der Waals surface area (Å²) < 4.78 is 0. The molecule has 2 rings (SSSR count). The predicted octanol–water partition coefficient (Wildman–Crippen LogP) is 3.76. The zero-order valence-corrected chi connectivity index (χ0v) is 10.8. The highest BCUT2D eigenvalue weighted by molar-refractivity contribution is 5.78. The van der Waals surface area contributed by atoms with Gasteiger partial charge in [-0.05, 0) is 29.5 Å². The molecule has 0 aliphatic carbocycles. The molecule has 1 aromatic carbocycles. The Kier molecular flexibility index (Phi) is 3.88. The van der Waals surface area contributed by atoms with Gasteiger partial charge in [0.2, 0.25) is 0 Å². The van der Waals surface area contributed by atoms with Gasteiger partial charge in [0.05, 0.1) is 0 Å². The van der Waals surface area contributed by atoms with E-state index in [1.54, 1.807) is 12.4 Å². The molecule has 0 atom stereocenters. The molecule has 0 saturated carbocycles. The zero-order chi connectivity index (χ0) is 13.0. The number of carbonyl (C=O) groups is 1. The van der Waals surface area contributed by atoms with E-state index in [9.17, 15) is 4.79 Å². The van der Waals surface area contributed by atoms with Crippen molar-refractivity contribution < 1.29 is 4.79 Å². The van der Waals surface area contributed by atoms with Gasteiger partial charge in [-0.25, -0.2) is 0 Å². The van der Waals surface area contributed by atoms with Gasteiger partial charge in [0, 0.05) is 23.5 Å². The van der Waals surface area contributed by atoms with Gasteiger partial charge in [-0.1, -0.05) is 38.1 Å². The smallest absolute Gasteiger partial charge is 0.151 e. The minimum Gasteiger partial charge on any atom is -0.298 e. The lowest BCUT2D eigenvalue weighted by molar-refractivity contribution is 0.112. The summed E-state index contributed by atoms with van der Waals surface area (Å²) in [6.07, 6.45) is 5.26. The molecule has 0 unspecified atom stereocenters. The topological polar surface area (TPSA) is 30.0 Å². The van der Waals surface area contributed by atoms with Gasteiger partial charge < -0.3 is 0 Å². The second kappa shape index (κ2) is 5.58. The van der Waals surface area contributed by atoms with Crippen molar-refractivity contribution in [2.75, 3.05) is 0 Å². The van der Waals surface area contributed by atoms with Crippen molar-refractivity contribution in [2.24, 2.45) is 5.92 Å². The minimum atomic E-state index is 0.613. The van der Waals surface area contributed by atoms with Crippen molar-refractivity contribution in [2.45, 2.75) is 20.3 Å². The van der Waals surface area contributed by atoms with E-state index >= 15 is 0 Å². The molecule has 0 spiro atoms. The summed E-state index contributed by atoms with van der Waals surface area (Å²) in [5, 5.41) is 0. The van der Waals surface area contributed by atoms with Gasteiger partial charge in [-0.2, -0.15) is 0 Å². The Hall–Kier alpha value is -1.96. The number of pyridine rings is 1. The lowest BCUT2D eigenvalue weighted by Gasteiger charge is -2.07. The highest BCUT2D eigenvalue weighted by Gasteiger charge is 2.03. The SMILES string of the molecule is CC(C)Cc1cccc(-c2cncc(C=O)c2)c1. The highest BCUT2D eigenvalue weighted by atomic mass is 16.1. The third-order valence-corrected chi connectivity index (χ3v) is 2.80. The summed E-state index contributed by atoms with van der Waals surface area (Å²) in [5.41, 5.74) is 4.04. The van der Waals surface area contributed by atoms with Crippen LogP contribution in [-0.4, -0.2) is 11.3 Å². The van der Waals surface area contributed by atoms with Crippen LogP contribution in [0.25, 0.3) is 11.1 Å². The first kappa shape index (κ1) is 12.5. The van der Waals surface area contributed by atoms with Gasteiger partial charge in [0.1, 0.15) is 0 Å². The third kappa shape index (κ3) is 3.04. The molecule has 0 fully saturated rings. The first-order valence-corrected chi connectivity index (χ1v) is 6.18. The Balaban J connectivity index is 2.34. The van der Waals surface area contributed by atoms with Crippen LogP contribution in [0.5, 0.6) is 0 Å². The van der Waals surface area contributed by atoms with Crippen LogP contribution in [0.3, 0.4) is 0 Å². The van der Waals surface area contributed by atoms with Gasteiger partial charge in [-0.15, -0.1) is 0 Å². The quantitative estimate of drug-likeness (QED) is 0.760.